The number of rotatable bonds is 8. The lowest BCUT2D eigenvalue weighted by molar-refractivity contribution is -0.121. The number of hydrogen-bond donors (Lipinski definition) is 2. The molecule has 0 atom stereocenters. The van der Waals surface area contributed by atoms with E-state index >= 15 is 0 Å². The minimum Gasteiger partial charge on any atom is -0.475 e. The van der Waals surface area contributed by atoms with Gasteiger partial charge in [-0.25, -0.2) is 4.98 Å². The molecule has 8 nitrogen and oxygen atoms in total. The maximum Gasteiger partial charge on any atom is 0.220 e. The van der Waals surface area contributed by atoms with Gasteiger partial charge in [0.25, 0.3) is 0 Å². The van der Waals surface area contributed by atoms with Gasteiger partial charge in [0, 0.05) is 59.0 Å². The van der Waals surface area contributed by atoms with Gasteiger partial charge >= 0.3 is 0 Å². The second-order valence-electron chi connectivity index (χ2n) is 6.52. The SMILES string of the molecule is CN=C(NCc1cccnc1OCCOC)N1CCC(CC(=O)NC)CC1.I. The van der Waals surface area contributed by atoms with Crippen molar-refractivity contribution < 1.29 is 14.3 Å². The van der Waals surface area contributed by atoms with E-state index in [1.54, 1.807) is 27.4 Å². The predicted molar refractivity (Wildman–Crippen MR) is 120 cm³/mol. The van der Waals surface area contributed by atoms with Gasteiger partial charge in [0.05, 0.1) is 6.61 Å². The van der Waals surface area contributed by atoms with Crippen molar-refractivity contribution in [3.05, 3.63) is 23.9 Å². The first-order valence-electron chi connectivity index (χ1n) is 9.39. The van der Waals surface area contributed by atoms with Crippen molar-refractivity contribution in [1.82, 2.24) is 20.5 Å². The van der Waals surface area contributed by atoms with Crippen molar-refractivity contribution in [1.29, 1.82) is 0 Å². The molecular weight excluding hydrogens is 473 g/mol. The Bertz CT molecular complexity index is 621. The van der Waals surface area contributed by atoms with Crippen LogP contribution >= 0.6 is 24.0 Å². The molecule has 2 N–H and O–H groups in total. The van der Waals surface area contributed by atoms with Gasteiger partial charge in [-0.2, -0.15) is 0 Å². The van der Waals surface area contributed by atoms with E-state index in [0.717, 1.165) is 37.5 Å². The molecule has 1 fully saturated rings. The molecule has 0 saturated carbocycles. The zero-order valence-corrected chi connectivity index (χ0v) is 19.3. The summed E-state index contributed by atoms with van der Waals surface area (Å²) < 4.78 is 10.7. The second kappa shape index (κ2) is 13.5. The molecule has 0 bridgehead atoms. The van der Waals surface area contributed by atoms with Crippen molar-refractivity contribution in [2.75, 3.05) is 47.5 Å². The fraction of sp³-hybridized carbons (Fsp3) is 0.632. The van der Waals surface area contributed by atoms with Crippen LogP contribution in [0.25, 0.3) is 0 Å². The third-order valence-corrected chi connectivity index (χ3v) is 4.69. The summed E-state index contributed by atoms with van der Waals surface area (Å²) in [4.78, 5) is 22.5. The Hall–Kier alpha value is -1.62. The standard InChI is InChI=1S/C19H31N5O3.HI/c1-20-17(25)13-15-6-9-24(10-7-15)19(21-2)23-14-16-5-4-8-22-18(16)27-12-11-26-3;/h4-5,8,15H,6-7,9-14H2,1-3H3,(H,20,25)(H,21,23);1H. The van der Waals surface area contributed by atoms with Crippen LogP contribution in [0, 0.1) is 5.92 Å². The molecule has 9 heteroatoms. The molecule has 1 aliphatic heterocycles. The van der Waals surface area contributed by atoms with Crippen LogP contribution < -0.4 is 15.4 Å². The van der Waals surface area contributed by atoms with Gasteiger partial charge in [-0.15, -0.1) is 24.0 Å². The average molecular weight is 505 g/mol. The molecular formula is C19H32IN5O3. The number of guanidine groups is 1. The number of aliphatic imine (C=N–C) groups is 1. The average Bonchev–Trinajstić information content (AvgIpc) is 2.70. The summed E-state index contributed by atoms with van der Waals surface area (Å²) in [6.45, 7) is 3.36. The number of methoxy groups -OCH3 is 1. The number of likely N-dealkylation sites (tertiary alicyclic amines) is 1. The number of piperidine rings is 1. The summed E-state index contributed by atoms with van der Waals surface area (Å²) in [5.74, 6) is 2.04. The van der Waals surface area contributed by atoms with Crippen molar-refractivity contribution in [2.24, 2.45) is 10.9 Å². The van der Waals surface area contributed by atoms with Crippen LogP contribution in [-0.4, -0.2) is 69.3 Å². The molecule has 1 amide bonds. The molecule has 1 saturated heterocycles. The molecule has 0 aliphatic carbocycles. The largest absolute Gasteiger partial charge is 0.475 e. The van der Waals surface area contributed by atoms with E-state index in [4.69, 9.17) is 9.47 Å². The summed E-state index contributed by atoms with van der Waals surface area (Å²) in [6.07, 6.45) is 4.31. The van der Waals surface area contributed by atoms with Gasteiger partial charge in [-0.05, 0) is 24.8 Å². The van der Waals surface area contributed by atoms with Crippen LogP contribution in [0.3, 0.4) is 0 Å². The normalized spacial score (nSPS) is 15.0. The topological polar surface area (TPSA) is 88.1 Å². The molecule has 0 unspecified atom stereocenters. The van der Waals surface area contributed by atoms with E-state index in [9.17, 15) is 4.79 Å². The highest BCUT2D eigenvalue weighted by molar-refractivity contribution is 14.0. The molecule has 1 aliphatic rings. The first-order chi connectivity index (χ1) is 13.2. The highest BCUT2D eigenvalue weighted by atomic mass is 127. The van der Waals surface area contributed by atoms with Crippen LogP contribution in [0.1, 0.15) is 24.8 Å². The van der Waals surface area contributed by atoms with E-state index in [0.29, 0.717) is 38.0 Å². The maximum atomic E-state index is 11.6. The highest BCUT2D eigenvalue weighted by Crippen LogP contribution is 2.21. The molecule has 1 aromatic heterocycles. The van der Waals surface area contributed by atoms with E-state index in [1.165, 1.54) is 0 Å². The smallest absolute Gasteiger partial charge is 0.220 e. The molecule has 0 aromatic carbocycles. The monoisotopic (exact) mass is 505 g/mol. The van der Waals surface area contributed by atoms with Crippen molar-refractivity contribution >= 4 is 35.8 Å². The maximum absolute atomic E-state index is 11.6. The number of ether oxygens (including phenoxy) is 2. The molecule has 158 valence electrons. The van der Waals surface area contributed by atoms with E-state index in [2.05, 4.69) is 25.5 Å². The summed E-state index contributed by atoms with van der Waals surface area (Å²) in [5.41, 5.74) is 0.976. The predicted octanol–water partition coefficient (Wildman–Crippen LogP) is 1.65. The van der Waals surface area contributed by atoms with Crippen LogP contribution in [0.5, 0.6) is 5.88 Å². The van der Waals surface area contributed by atoms with E-state index in [-0.39, 0.29) is 29.9 Å². The fourth-order valence-corrected chi connectivity index (χ4v) is 3.13. The van der Waals surface area contributed by atoms with Crippen LogP contribution in [0.4, 0.5) is 0 Å². The Morgan fingerprint density at radius 1 is 1.36 bits per heavy atom. The zero-order chi connectivity index (χ0) is 19.5. The van der Waals surface area contributed by atoms with Crippen molar-refractivity contribution in [3.63, 3.8) is 0 Å². The van der Waals surface area contributed by atoms with Crippen molar-refractivity contribution in [3.8, 4) is 5.88 Å². The van der Waals surface area contributed by atoms with Crippen LogP contribution in [0.15, 0.2) is 23.3 Å². The zero-order valence-electron chi connectivity index (χ0n) is 16.9. The fourth-order valence-electron chi connectivity index (χ4n) is 3.13. The van der Waals surface area contributed by atoms with E-state index in [1.807, 2.05) is 12.1 Å². The van der Waals surface area contributed by atoms with Gasteiger partial charge in [0.1, 0.15) is 6.61 Å². The first-order valence-corrected chi connectivity index (χ1v) is 9.39. The lowest BCUT2D eigenvalue weighted by Gasteiger charge is -2.34. The Morgan fingerprint density at radius 3 is 2.75 bits per heavy atom. The lowest BCUT2D eigenvalue weighted by atomic mass is 9.93. The molecule has 0 radical (unpaired) electrons. The molecule has 28 heavy (non-hydrogen) atoms. The number of halogens is 1. The minimum absolute atomic E-state index is 0. The highest BCUT2D eigenvalue weighted by Gasteiger charge is 2.23. The third kappa shape index (κ3) is 7.78. The molecule has 1 aromatic rings. The van der Waals surface area contributed by atoms with Gasteiger partial charge in [0.2, 0.25) is 11.8 Å². The number of hydrogen-bond acceptors (Lipinski definition) is 5. The lowest BCUT2D eigenvalue weighted by Crippen LogP contribution is -2.45. The quantitative estimate of drug-likeness (QED) is 0.242. The number of amides is 1. The minimum atomic E-state index is 0. The number of nitrogens with zero attached hydrogens (tertiary/aromatic N) is 3. The third-order valence-electron chi connectivity index (χ3n) is 4.69. The van der Waals surface area contributed by atoms with Gasteiger partial charge in [0.15, 0.2) is 5.96 Å². The summed E-state index contributed by atoms with van der Waals surface area (Å²) in [6, 6.07) is 3.89. The Morgan fingerprint density at radius 2 is 2.11 bits per heavy atom. The molecule has 0 spiro atoms. The molecule has 2 rings (SSSR count). The Balaban J connectivity index is 0.00000392. The van der Waals surface area contributed by atoms with Crippen LogP contribution in [0.2, 0.25) is 0 Å². The summed E-state index contributed by atoms with van der Waals surface area (Å²) in [7, 11) is 5.12. The van der Waals surface area contributed by atoms with E-state index < -0.39 is 0 Å². The molecule has 2 heterocycles. The van der Waals surface area contributed by atoms with Gasteiger partial charge < -0.3 is 25.0 Å². The van der Waals surface area contributed by atoms with Gasteiger partial charge in [-0.1, -0.05) is 6.07 Å². The number of carbonyl (C=O) groups is 1. The van der Waals surface area contributed by atoms with Crippen LogP contribution in [-0.2, 0) is 16.1 Å². The Kier molecular flexibility index (Phi) is 11.8. The van der Waals surface area contributed by atoms with Crippen molar-refractivity contribution in [2.45, 2.75) is 25.8 Å². The number of nitrogens with one attached hydrogen (secondary N) is 2. The van der Waals surface area contributed by atoms with Gasteiger partial charge in [-0.3, -0.25) is 9.79 Å². The first kappa shape index (κ1) is 24.4. The summed E-state index contributed by atoms with van der Waals surface area (Å²) in [5, 5.41) is 6.10. The number of aromatic nitrogens is 1. The second-order valence-corrected chi connectivity index (χ2v) is 6.52. The number of carbonyl (C=O) groups excluding carboxylic acids is 1. The summed E-state index contributed by atoms with van der Waals surface area (Å²) >= 11 is 0. The Labute approximate surface area is 184 Å². The number of pyridine rings is 1.